The van der Waals surface area contributed by atoms with Crippen LogP contribution in [-0.2, 0) is 17.9 Å². The van der Waals surface area contributed by atoms with E-state index in [0.717, 1.165) is 65.1 Å². The summed E-state index contributed by atoms with van der Waals surface area (Å²) in [5.74, 6) is 0.0911. The summed E-state index contributed by atoms with van der Waals surface area (Å²) in [7, 11) is 0. The molecular formula is C26H26BrN5O. The molecule has 0 aliphatic carbocycles. The third-order valence-electron chi connectivity index (χ3n) is 6.20. The third-order valence-corrected chi connectivity index (χ3v) is 6.69. The lowest BCUT2D eigenvalue weighted by molar-refractivity contribution is -0.133. The average molecular weight is 504 g/mol. The molecule has 5 rings (SSSR count). The maximum Gasteiger partial charge on any atom is 0.244 e. The van der Waals surface area contributed by atoms with Gasteiger partial charge in [0, 0.05) is 48.8 Å². The second-order valence-corrected chi connectivity index (χ2v) is 9.37. The summed E-state index contributed by atoms with van der Waals surface area (Å²) in [6.07, 6.45) is 1.80. The van der Waals surface area contributed by atoms with Crippen molar-refractivity contribution in [2.24, 2.45) is 0 Å². The second kappa shape index (κ2) is 9.45. The number of hydrogen-bond acceptors (Lipinski definition) is 4. The van der Waals surface area contributed by atoms with Crippen molar-refractivity contribution in [3.05, 3.63) is 82.6 Å². The van der Waals surface area contributed by atoms with Gasteiger partial charge in [-0.3, -0.25) is 9.69 Å². The maximum absolute atomic E-state index is 13.1. The molecule has 7 heteroatoms. The van der Waals surface area contributed by atoms with Gasteiger partial charge in [0.1, 0.15) is 6.54 Å². The topological polar surface area (TPSA) is 54.3 Å². The molecule has 1 amide bonds. The number of carbonyl (C=O) groups is 1. The van der Waals surface area contributed by atoms with Gasteiger partial charge in [-0.2, -0.15) is 5.10 Å². The summed E-state index contributed by atoms with van der Waals surface area (Å²) in [5, 5.41) is 5.69. The first-order valence-corrected chi connectivity index (χ1v) is 12.0. The molecule has 2 aromatic heterocycles. The van der Waals surface area contributed by atoms with E-state index in [1.54, 1.807) is 10.9 Å². The fourth-order valence-electron chi connectivity index (χ4n) is 4.53. The second-order valence-electron chi connectivity index (χ2n) is 8.45. The summed E-state index contributed by atoms with van der Waals surface area (Å²) >= 11 is 3.54. The Kier molecular flexibility index (Phi) is 6.24. The van der Waals surface area contributed by atoms with Crippen LogP contribution in [0.2, 0.25) is 0 Å². The zero-order valence-electron chi connectivity index (χ0n) is 18.6. The molecule has 0 bridgehead atoms. The smallest absolute Gasteiger partial charge is 0.244 e. The fourth-order valence-corrected chi connectivity index (χ4v) is 4.97. The number of pyridine rings is 1. The van der Waals surface area contributed by atoms with E-state index in [0.29, 0.717) is 0 Å². The van der Waals surface area contributed by atoms with Crippen molar-refractivity contribution in [2.45, 2.75) is 20.0 Å². The Labute approximate surface area is 202 Å². The molecule has 3 heterocycles. The van der Waals surface area contributed by atoms with E-state index in [-0.39, 0.29) is 12.5 Å². The van der Waals surface area contributed by atoms with Crippen LogP contribution in [0.15, 0.2) is 71.3 Å². The monoisotopic (exact) mass is 503 g/mol. The number of fused-ring (bicyclic) bond motifs is 1. The standard InChI is InChI=1S/C26H26BrN5O/c1-19-25-23(21-7-3-2-4-8-21)10-11-28-26(25)32(29-19)18-24(33)31-14-12-30(13-15-31)17-20-6-5-9-22(27)16-20/h2-11,16H,12-15,17-18H2,1H3. The van der Waals surface area contributed by atoms with Gasteiger partial charge >= 0.3 is 0 Å². The van der Waals surface area contributed by atoms with Crippen molar-refractivity contribution in [3.63, 3.8) is 0 Å². The van der Waals surface area contributed by atoms with E-state index in [2.05, 4.69) is 61.2 Å². The largest absolute Gasteiger partial charge is 0.339 e. The Bertz CT molecular complexity index is 1280. The van der Waals surface area contributed by atoms with Crippen LogP contribution in [0.25, 0.3) is 22.2 Å². The highest BCUT2D eigenvalue weighted by atomic mass is 79.9. The fraction of sp³-hybridized carbons (Fsp3) is 0.269. The molecule has 4 aromatic rings. The van der Waals surface area contributed by atoms with E-state index < -0.39 is 0 Å². The SMILES string of the molecule is Cc1nn(CC(=O)N2CCN(Cc3cccc(Br)c3)CC2)c2nccc(-c3ccccc3)c12. The summed E-state index contributed by atoms with van der Waals surface area (Å²) in [6.45, 7) is 6.29. The summed E-state index contributed by atoms with van der Waals surface area (Å²) in [4.78, 5) is 22.0. The Morgan fingerprint density at radius 2 is 1.79 bits per heavy atom. The summed E-state index contributed by atoms with van der Waals surface area (Å²) < 4.78 is 2.85. The number of benzene rings is 2. The molecule has 33 heavy (non-hydrogen) atoms. The molecule has 1 aliphatic heterocycles. The van der Waals surface area contributed by atoms with E-state index in [1.165, 1.54) is 5.56 Å². The third kappa shape index (κ3) is 4.70. The van der Waals surface area contributed by atoms with Gasteiger partial charge < -0.3 is 4.90 Å². The van der Waals surface area contributed by atoms with Gasteiger partial charge in [0.05, 0.1) is 5.69 Å². The van der Waals surface area contributed by atoms with Gasteiger partial charge in [0.2, 0.25) is 5.91 Å². The molecule has 168 valence electrons. The first-order chi connectivity index (χ1) is 16.1. The molecule has 0 N–H and O–H groups in total. The number of piperazine rings is 1. The zero-order chi connectivity index (χ0) is 22.8. The number of rotatable bonds is 5. The molecule has 6 nitrogen and oxygen atoms in total. The molecule has 0 unspecified atom stereocenters. The van der Waals surface area contributed by atoms with E-state index in [4.69, 9.17) is 0 Å². The van der Waals surface area contributed by atoms with Crippen LogP contribution >= 0.6 is 15.9 Å². The van der Waals surface area contributed by atoms with Crippen LogP contribution in [0.5, 0.6) is 0 Å². The van der Waals surface area contributed by atoms with Gasteiger partial charge in [-0.15, -0.1) is 0 Å². The van der Waals surface area contributed by atoms with Gasteiger partial charge in [-0.1, -0.05) is 58.4 Å². The van der Waals surface area contributed by atoms with E-state index in [9.17, 15) is 4.79 Å². The van der Waals surface area contributed by atoms with Crippen LogP contribution in [0.4, 0.5) is 0 Å². The van der Waals surface area contributed by atoms with Crippen LogP contribution < -0.4 is 0 Å². The number of carbonyl (C=O) groups excluding carboxylic acids is 1. The minimum Gasteiger partial charge on any atom is -0.339 e. The highest BCUT2D eigenvalue weighted by molar-refractivity contribution is 9.10. The minimum atomic E-state index is 0.0911. The quantitative estimate of drug-likeness (QED) is 0.401. The number of amides is 1. The Hall–Kier alpha value is -3.03. The molecule has 2 aromatic carbocycles. The Balaban J connectivity index is 1.27. The van der Waals surface area contributed by atoms with Crippen molar-refractivity contribution in [1.29, 1.82) is 0 Å². The predicted molar refractivity (Wildman–Crippen MR) is 134 cm³/mol. The van der Waals surface area contributed by atoms with Crippen molar-refractivity contribution in [2.75, 3.05) is 26.2 Å². The lowest BCUT2D eigenvalue weighted by Crippen LogP contribution is -2.49. The number of aryl methyl sites for hydroxylation is 1. The molecule has 1 fully saturated rings. The van der Waals surface area contributed by atoms with Crippen molar-refractivity contribution in [3.8, 4) is 11.1 Å². The first kappa shape index (κ1) is 21.8. The van der Waals surface area contributed by atoms with Gasteiger partial charge in [0.15, 0.2) is 5.65 Å². The number of halogens is 1. The predicted octanol–water partition coefficient (Wildman–Crippen LogP) is 4.51. The summed E-state index contributed by atoms with van der Waals surface area (Å²) in [5.41, 5.74) is 5.15. The highest BCUT2D eigenvalue weighted by Crippen LogP contribution is 2.29. The lowest BCUT2D eigenvalue weighted by atomic mass is 10.0. The number of hydrogen-bond donors (Lipinski definition) is 0. The van der Waals surface area contributed by atoms with E-state index in [1.807, 2.05) is 42.2 Å². The molecular weight excluding hydrogens is 478 g/mol. The van der Waals surface area contributed by atoms with Gasteiger partial charge in [-0.25, -0.2) is 9.67 Å². The van der Waals surface area contributed by atoms with Crippen LogP contribution in [0.3, 0.4) is 0 Å². The number of aromatic nitrogens is 3. The first-order valence-electron chi connectivity index (χ1n) is 11.2. The highest BCUT2D eigenvalue weighted by Gasteiger charge is 2.23. The Morgan fingerprint density at radius 1 is 1.00 bits per heavy atom. The summed E-state index contributed by atoms with van der Waals surface area (Å²) in [6, 6.07) is 20.7. The normalized spacial score (nSPS) is 14.7. The molecule has 1 saturated heterocycles. The molecule has 0 saturated carbocycles. The molecule has 0 radical (unpaired) electrons. The minimum absolute atomic E-state index is 0.0911. The molecule has 1 aliphatic rings. The van der Waals surface area contributed by atoms with Crippen LogP contribution in [0, 0.1) is 6.92 Å². The lowest BCUT2D eigenvalue weighted by Gasteiger charge is -2.34. The van der Waals surface area contributed by atoms with Crippen molar-refractivity contribution < 1.29 is 4.79 Å². The average Bonchev–Trinajstić information content (AvgIpc) is 3.15. The van der Waals surface area contributed by atoms with Gasteiger partial charge in [0.25, 0.3) is 0 Å². The number of nitrogens with zero attached hydrogens (tertiary/aromatic N) is 5. The van der Waals surface area contributed by atoms with Crippen molar-refractivity contribution in [1.82, 2.24) is 24.6 Å². The van der Waals surface area contributed by atoms with Crippen molar-refractivity contribution >= 4 is 32.9 Å². The van der Waals surface area contributed by atoms with Gasteiger partial charge in [-0.05, 0) is 41.8 Å². The Morgan fingerprint density at radius 3 is 2.55 bits per heavy atom. The molecule has 0 spiro atoms. The zero-order valence-corrected chi connectivity index (χ0v) is 20.2. The van der Waals surface area contributed by atoms with Crippen LogP contribution in [-0.4, -0.2) is 56.7 Å². The molecule has 0 atom stereocenters. The van der Waals surface area contributed by atoms with Crippen LogP contribution in [0.1, 0.15) is 11.3 Å². The van der Waals surface area contributed by atoms with E-state index >= 15 is 0 Å². The maximum atomic E-state index is 13.1.